The summed E-state index contributed by atoms with van der Waals surface area (Å²) in [6, 6.07) is 1.83. The topological polar surface area (TPSA) is 64.2 Å². The first-order valence-electron chi connectivity index (χ1n) is 7.79. The molecule has 3 heterocycles. The normalized spacial score (nSPS) is 18.6. The molecular weight excluding hydrogens is 280 g/mol. The van der Waals surface area contributed by atoms with E-state index < -0.39 is 0 Å². The Morgan fingerprint density at radius 2 is 2.32 bits per heavy atom. The van der Waals surface area contributed by atoms with Crippen molar-refractivity contribution in [1.29, 1.82) is 0 Å². The predicted molar refractivity (Wildman–Crippen MR) is 81.2 cm³/mol. The van der Waals surface area contributed by atoms with E-state index in [1.807, 2.05) is 37.2 Å². The summed E-state index contributed by atoms with van der Waals surface area (Å²) < 4.78 is 7.31. The van der Waals surface area contributed by atoms with Gasteiger partial charge in [0.25, 0.3) is 0 Å². The number of aryl methyl sites for hydroxylation is 2. The number of hydrogen-bond donors (Lipinski definition) is 0. The number of piperidine rings is 1. The fourth-order valence-corrected chi connectivity index (χ4v) is 3.08. The van der Waals surface area contributed by atoms with Gasteiger partial charge >= 0.3 is 0 Å². The predicted octanol–water partition coefficient (Wildman–Crippen LogP) is 1.97. The minimum atomic E-state index is 0.128. The molecule has 0 radical (unpaired) electrons. The zero-order valence-corrected chi connectivity index (χ0v) is 13.2. The molecule has 1 aliphatic heterocycles. The van der Waals surface area contributed by atoms with Crippen LogP contribution in [0.5, 0.6) is 0 Å². The summed E-state index contributed by atoms with van der Waals surface area (Å²) in [7, 11) is 0. The van der Waals surface area contributed by atoms with Crippen molar-refractivity contribution in [3.63, 3.8) is 0 Å². The van der Waals surface area contributed by atoms with E-state index in [2.05, 4.69) is 14.7 Å². The second-order valence-electron chi connectivity index (χ2n) is 6.09. The first kappa shape index (κ1) is 14.8. The van der Waals surface area contributed by atoms with E-state index in [0.29, 0.717) is 18.1 Å². The number of nitrogens with zero attached hydrogens (tertiary/aromatic N) is 4. The van der Waals surface area contributed by atoms with Crippen LogP contribution in [0.15, 0.2) is 23.0 Å². The summed E-state index contributed by atoms with van der Waals surface area (Å²) in [5.74, 6) is 2.29. The molecule has 1 amide bonds. The fourth-order valence-electron chi connectivity index (χ4n) is 3.08. The first-order valence-corrected chi connectivity index (χ1v) is 7.79. The van der Waals surface area contributed by atoms with Crippen molar-refractivity contribution in [1.82, 2.24) is 19.6 Å². The number of rotatable bonds is 4. The SMILES string of the molecule is Cc1cc(CC(=O)N2CCCC(Cn3ccnc3C)C2)on1. The van der Waals surface area contributed by atoms with Crippen LogP contribution in [0.25, 0.3) is 0 Å². The van der Waals surface area contributed by atoms with Gasteiger partial charge in [-0.3, -0.25) is 4.79 Å². The lowest BCUT2D eigenvalue weighted by molar-refractivity contribution is -0.132. The summed E-state index contributed by atoms with van der Waals surface area (Å²) in [5, 5.41) is 3.83. The maximum Gasteiger partial charge on any atom is 0.230 e. The smallest absolute Gasteiger partial charge is 0.230 e. The van der Waals surface area contributed by atoms with E-state index in [1.54, 1.807) is 0 Å². The Balaban J connectivity index is 1.58. The maximum absolute atomic E-state index is 12.4. The van der Waals surface area contributed by atoms with Crippen LogP contribution in [0.4, 0.5) is 0 Å². The number of carbonyl (C=O) groups is 1. The number of imidazole rings is 1. The molecule has 0 N–H and O–H groups in total. The lowest BCUT2D eigenvalue weighted by Gasteiger charge is -2.33. The van der Waals surface area contributed by atoms with Crippen LogP contribution >= 0.6 is 0 Å². The molecule has 1 fully saturated rings. The van der Waals surface area contributed by atoms with Crippen LogP contribution < -0.4 is 0 Å². The Labute approximate surface area is 130 Å². The monoisotopic (exact) mass is 302 g/mol. The van der Waals surface area contributed by atoms with Gasteiger partial charge in [-0.05, 0) is 32.6 Å². The molecule has 0 aromatic carbocycles. The third-order valence-corrected chi connectivity index (χ3v) is 4.25. The molecule has 2 aromatic rings. The first-order chi connectivity index (χ1) is 10.6. The Morgan fingerprint density at radius 1 is 1.45 bits per heavy atom. The molecule has 3 rings (SSSR count). The molecule has 22 heavy (non-hydrogen) atoms. The molecule has 118 valence electrons. The van der Waals surface area contributed by atoms with Gasteiger partial charge in [0.2, 0.25) is 5.91 Å². The molecule has 1 aliphatic rings. The van der Waals surface area contributed by atoms with Crippen molar-refractivity contribution in [2.45, 2.75) is 39.7 Å². The second kappa shape index (κ2) is 6.34. The van der Waals surface area contributed by atoms with Crippen molar-refractivity contribution in [2.24, 2.45) is 5.92 Å². The molecule has 6 heteroatoms. The van der Waals surface area contributed by atoms with E-state index in [9.17, 15) is 4.79 Å². The third-order valence-electron chi connectivity index (χ3n) is 4.25. The standard InChI is InChI=1S/C16H22N4O2/c1-12-8-15(22-18-12)9-16(21)20-6-3-4-14(11-20)10-19-7-5-17-13(19)2/h5,7-8,14H,3-4,6,9-11H2,1-2H3. The van der Waals surface area contributed by atoms with Crippen molar-refractivity contribution in [2.75, 3.05) is 13.1 Å². The number of likely N-dealkylation sites (tertiary alicyclic amines) is 1. The highest BCUT2D eigenvalue weighted by Crippen LogP contribution is 2.20. The van der Waals surface area contributed by atoms with E-state index in [-0.39, 0.29) is 5.91 Å². The summed E-state index contributed by atoms with van der Waals surface area (Å²) in [5.41, 5.74) is 0.815. The highest BCUT2D eigenvalue weighted by atomic mass is 16.5. The van der Waals surface area contributed by atoms with Crippen LogP contribution in [0.2, 0.25) is 0 Å². The molecule has 1 saturated heterocycles. The summed E-state index contributed by atoms with van der Waals surface area (Å²) in [6.07, 6.45) is 6.35. The summed E-state index contributed by atoms with van der Waals surface area (Å²) in [4.78, 5) is 18.6. The lowest BCUT2D eigenvalue weighted by atomic mass is 9.97. The molecule has 1 unspecified atom stereocenters. The number of hydrogen-bond acceptors (Lipinski definition) is 4. The molecular formula is C16H22N4O2. The van der Waals surface area contributed by atoms with Gasteiger partial charge in [-0.2, -0.15) is 0 Å². The van der Waals surface area contributed by atoms with Crippen LogP contribution in [0, 0.1) is 19.8 Å². The van der Waals surface area contributed by atoms with Gasteiger partial charge in [-0.1, -0.05) is 5.16 Å². The van der Waals surface area contributed by atoms with Gasteiger partial charge in [-0.15, -0.1) is 0 Å². The van der Waals surface area contributed by atoms with Gasteiger partial charge in [0.05, 0.1) is 12.1 Å². The van der Waals surface area contributed by atoms with Crippen LogP contribution in [0.3, 0.4) is 0 Å². The Morgan fingerprint density at radius 3 is 3.00 bits per heavy atom. The molecule has 0 aliphatic carbocycles. The van der Waals surface area contributed by atoms with Gasteiger partial charge < -0.3 is 14.0 Å². The molecule has 6 nitrogen and oxygen atoms in total. The number of carbonyl (C=O) groups excluding carboxylic acids is 1. The van der Waals surface area contributed by atoms with Crippen LogP contribution in [-0.2, 0) is 17.8 Å². The van der Waals surface area contributed by atoms with Gasteiger partial charge in [-0.25, -0.2) is 4.98 Å². The zero-order valence-electron chi connectivity index (χ0n) is 13.2. The zero-order chi connectivity index (χ0) is 15.5. The molecule has 0 spiro atoms. The van der Waals surface area contributed by atoms with E-state index >= 15 is 0 Å². The highest BCUT2D eigenvalue weighted by Gasteiger charge is 2.25. The van der Waals surface area contributed by atoms with E-state index in [0.717, 1.165) is 44.0 Å². The van der Waals surface area contributed by atoms with E-state index in [1.165, 1.54) is 0 Å². The quantitative estimate of drug-likeness (QED) is 0.866. The fraction of sp³-hybridized carbons (Fsp3) is 0.562. The summed E-state index contributed by atoms with van der Waals surface area (Å²) in [6.45, 7) is 6.45. The average molecular weight is 302 g/mol. The van der Waals surface area contributed by atoms with Crippen LogP contribution in [-0.4, -0.2) is 38.6 Å². The van der Waals surface area contributed by atoms with Crippen molar-refractivity contribution >= 4 is 5.91 Å². The van der Waals surface area contributed by atoms with Crippen molar-refractivity contribution < 1.29 is 9.32 Å². The van der Waals surface area contributed by atoms with Gasteiger partial charge in [0.15, 0.2) is 0 Å². The third kappa shape index (κ3) is 3.37. The molecule has 0 bridgehead atoms. The Kier molecular flexibility index (Phi) is 4.27. The molecule has 1 atom stereocenters. The Hall–Kier alpha value is -2.11. The molecule has 0 saturated carbocycles. The minimum Gasteiger partial charge on any atom is -0.361 e. The number of aromatic nitrogens is 3. The Bertz CT molecular complexity index is 646. The van der Waals surface area contributed by atoms with Crippen LogP contribution in [0.1, 0.15) is 30.1 Å². The number of amides is 1. The maximum atomic E-state index is 12.4. The highest BCUT2D eigenvalue weighted by molar-refractivity contribution is 5.78. The second-order valence-corrected chi connectivity index (χ2v) is 6.09. The van der Waals surface area contributed by atoms with Gasteiger partial charge in [0.1, 0.15) is 11.6 Å². The minimum absolute atomic E-state index is 0.128. The van der Waals surface area contributed by atoms with Crippen molar-refractivity contribution in [3.05, 3.63) is 35.7 Å². The summed E-state index contributed by atoms with van der Waals surface area (Å²) >= 11 is 0. The van der Waals surface area contributed by atoms with E-state index in [4.69, 9.17) is 4.52 Å². The lowest BCUT2D eigenvalue weighted by Crippen LogP contribution is -2.41. The van der Waals surface area contributed by atoms with Gasteiger partial charge in [0, 0.05) is 38.1 Å². The largest absolute Gasteiger partial charge is 0.361 e. The average Bonchev–Trinajstić information content (AvgIpc) is 3.08. The molecule has 2 aromatic heterocycles. The van der Waals surface area contributed by atoms with Crippen molar-refractivity contribution in [3.8, 4) is 0 Å².